The number of carbonyl (C=O) groups excluding carboxylic acids is 1. The van der Waals surface area contributed by atoms with E-state index in [1.54, 1.807) is 39.8 Å². The van der Waals surface area contributed by atoms with E-state index in [1.165, 1.54) is 0 Å². The summed E-state index contributed by atoms with van der Waals surface area (Å²) < 4.78 is 54.7. The summed E-state index contributed by atoms with van der Waals surface area (Å²) in [5.41, 5.74) is -0.745. The van der Waals surface area contributed by atoms with Crippen LogP contribution >= 0.6 is 0 Å². The van der Waals surface area contributed by atoms with Gasteiger partial charge in [-0.05, 0) is 59.1 Å². The number of carbonyl (C=O) groups is 1. The van der Waals surface area contributed by atoms with E-state index in [9.17, 15) is 21.6 Å². The average molecular weight is 422 g/mol. The molecule has 0 saturated carbocycles. The van der Waals surface area contributed by atoms with E-state index in [2.05, 4.69) is 0 Å². The van der Waals surface area contributed by atoms with Gasteiger partial charge in [-0.1, -0.05) is 0 Å². The number of likely N-dealkylation sites (N-methyl/N-ethyl adjacent to an activating group) is 1. The normalized spacial score (nSPS) is 13.2. The zero-order valence-electron chi connectivity index (χ0n) is 16.2. The Balaban J connectivity index is 3.16. The van der Waals surface area contributed by atoms with E-state index < -0.39 is 38.2 Å². The van der Waals surface area contributed by atoms with Crippen LogP contribution in [0.1, 0.15) is 20.8 Å². The highest BCUT2D eigenvalue weighted by molar-refractivity contribution is 7.89. The number of hydrogen-bond donors (Lipinski definition) is 1. The first kappa shape index (κ1) is 23.5. The third kappa shape index (κ3) is 7.54. The van der Waals surface area contributed by atoms with Crippen LogP contribution in [0, 0.1) is 0 Å². The number of rotatable bonds is 8. The van der Waals surface area contributed by atoms with E-state index in [1.807, 2.05) is 0 Å². The lowest BCUT2D eigenvalue weighted by Gasteiger charge is -2.25. The summed E-state index contributed by atoms with van der Waals surface area (Å²) in [5.74, 6) is -0.675. The molecule has 0 spiro atoms. The molecule has 27 heavy (non-hydrogen) atoms. The summed E-state index contributed by atoms with van der Waals surface area (Å²) in [5, 5.41) is 5.03. The van der Waals surface area contributed by atoms with Crippen molar-refractivity contribution in [2.45, 2.75) is 36.2 Å². The minimum atomic E-state index is -4.04. The van der Waals surface area contributed by atoms with Crippen LogP contribution in [0.15, 0.2) is 34.1 Å². The minimum Gasteiger partial charge on any atom is -0.459 e. The van der Waals surface area contributed by atoms with Gasteiger partial charge in [0.1, 0.15) is 12.1 Å². The predicted octanol–water partition coefficient (Wildman–Crippen LogP) is 0.228. The molecule has 0 aliphatic heterocycles. The molecule has 1 aromatic rings. The van der Waals surface area contributed by atoms with Gasteiger partial charge in [-0.15, -0.1) is 0 Å². The molecule has 2 N–H and O–H groups in total. The lowest BCUT2D eigenvalue weighted by molar-refractivity contribution is -0.155. The predicted molar refractivity (Wildman–Crippen MR) is 101 cm³/mol. The van der Waals surface area contributed by atoms with Crippen molar-refractivity contribution in [3.05, 3.63) is 24.3 Å². The molecule has 0 aliphatic carbocycles. The first-order valence-corrected chi connectivity index (χ1v) is 11.1. The van der Waals surface area contributed by atoms with Gasteiger partial charge in [0.25, 0.3) is 0 Å². The second-order valence-electron chi connectivity index (χ2n) is 7.24. The fourth-order valence-corrected chi connectivity index (χ4v) is 3.95. The largest absolute Gasteiger partial charge is 0.459 e. The molecule has 0 fully saturated rings. The molecule has 0 saturated heterocycles. The molecule has 0 bridgehead atoms. The summed E-state index contributed by atoms with van der Waals surface area (Å²) in [7, 11) is -4.42. The Labute approximate surface area is 161 Å². The molecule has 0 heterocycles. The van der Waals surface area contributed by atoms with Crippen LogP contribution in [-0.2, 0) is 29.6 Å². The molecule has 1 rings (SSSR count). The standard InChI is InChI=1S/C16H27N3O6S2/c1-16(2,3)25-15(20)12-19(11-10-18(4)5)27(23,24)14-8-6-13(7-9-14)26(17,21)22/h6-9H,10-12H2,1-5H3,(H2,17,21,22). The first-order chi connectivity index (χ1) is 12.1. The molecule has 1 aromatic carbocycles. The molecular weight excluding hydrogens is 394 g/mol. The van der Waals surface area contributed by atoms with Gasteiger partial charge in [-0.25, -0.2) is 22.0 Å². The molecule has 0 aromatic heterocycles. The topological polar surface area (TPSA) is 127 Å². The Kier molecular flexibility index (Phi) is 7.53. The Morgan fingerprint density at radius 1 is 1.00 bits per heavy atom. The van der Waals surface area contributed by atoms with Gasteiger partial charge in [0.2, 0.25) is 20.0 Å². The first-order valence-electron chi connectivity index (χ1n) is 8.12. The van der Waals surface area contributed by atoms with Gasteiger partial charge in [0, 0.05) is 13.1 Å². The van der Waals surface area contributed by atoms with E-state index in [-0.39, 0.29) is 16.3 Å². The molecule has 154 valence electrons. The van der Waals surface area contributed by atoms with Crippen LogP contribution < -0.4 is 5.14 Å². The number of nitrogens with two attached hydrogens (primary N) is 1. The van der Waals surface area contributed by atoms with Gasteiger partial charge in [-0.2, -0.15) is 4.31 Å². The number of hydrogen-bond acceptors (Lipinski definition) is 7. The van der Waals surface area contributed by atoms with Crippen molar-refractivity contribution in [2.75, 3.05) is 33.7 Å². The van der Waals surface area contributed by atoms with Crippen LogP contribution in [0.5, 0.6) is 0 Å². The second-order valence-corrected chi connectivity index (χ2v) is 10.7. The van der Waals surface area contributed by atoms with E-state index in [0.717, 1.165) is 28.6 Å². The molecule has 0 aliphatic rings. The third-order valence-electron chi connectivity index (χ3n) is 3.31. The van der Waals surface area contributed by atoms with Crippen LogP contribution in [0.3, 0.4) is 0 Å². The number of sulfonamides is 2. The zero-order valence-corrected chi connectivity index (χ0v) is 17.8. The fourth-order valence-electron chi connectivity index (χ4n) is 2.06. The maximum atomic E-state index is 12.9. The number of esters is 1. The minimum absolute atomic E-state index is 0.0610. The quantitative estimate of drug-likeness (QED) is 0.595. The summed E-state index contributed by atoms with van der Waals surface area (Å²) in [6.07, 6.45) is 0. The third-order valence-corrected chi connectivity index (χ3v) is 6.10. The Hall–Kier alpha value is -1.53. The van der Waals surface area contributed by atoms with E-state index in [0.29, 0.717) is 6.54 Å². The van der Waals surface area contributed by atoms with E-state index in [4.69, 9.17) is 9.88 Å². The van der Waals surface area contributed by atoms with Crippen LogP contribution in [0.2, 0.25) is 0 Å². The van der Waals surface area contributed by atoms with Crippen LogP contribution in [-0.4, -0.2) is 71.3 Å². The van der Waals surface area contributed by atoms with Crippen LogP contribution in [0.4, 0.5) is 0 Å². The zero-order chi connectivity index (χ0) is 21.0. The SMILES string of the molecule is CN(C)CCN(CC(=O)OC(C)(C)C)S(=O)(=O)c1ccc(S(N)(=O)=O)cc1. The molecule has 0 atom stereocenters. The molecule has 0 radical (unpaired) electrons. The summed E-state index contributed by atoms with van der Waals surface area (Å²) >= 11 is 0. The van der Waals surface area contributed by atoms with Crippen molar-refractivity contribution in [2.24, 2.45) is 5.14 Å². The average Bonchev–Trinajstić information content (AvgIpc) is 2.48. The van der Waals surface area contributed by atoms with Crippen molar-refractivity contribution in [3.63, 3.8) is 0 Å². The summed E-state index contributed by atoms with van der Waals surface area (Å²) in [6, 6.07) is 4.51. The van der Waals surface area contributed by atoms with Gasteiger partial charge in [0.15, 0.2) is 0 Å². The second kappa shape index (κ2) is 8.65. The molecular formula is C16H27N3O6S2. The Morgan fingerprint density at radius 2 is 1.48 bits per heavy atom. The molecule has 11 heteroatoms. The smallest absolute Gasteiger partial charge is 0.321 e. The summed E-state index contributed by atoms with van der Waals surface area (Å²) in [6.45, 7) is 5.06. The maximum absolute atomic E-state index is 12.9. The van der Waals surface area contributed by atoms with Crippen molar-refractivity contribution in [1.82, 2.24) is 9.21 Å². The highest BCUT2D eigenvalue weighted by Crippen LogP contribution is 2.19. The molecule has 0 unspecified atom stereocenters. The highest BCUT2D eigenvalue weighted by Gasteiger charge is 2.29. The van der Waals surface area contributed by atoms with Crippen molar-refractivity contribution >= 4 is 26.0 Å². The Bertz CT molecular complexity index is 856. The van der Waals surface area contributed by atoms with Gasteiger partial charge in [0.05, 0.1) is 9.79 Å². The number of ether oxygens (including phenoxy) is 1. The van der Waals surface area contributed by atoms with Crippen molar-refractivity contribution in [1.29, 1.82) is 0 Å². The number of nitrogens with zero attached hydrogens (tertiary/aromatic N) is 2. The lowest BCUT2D eigenvalue weighted by Crippen LogP contribution is -2.41. The maximum Gasteiger partial charge on any atom is 0.321 e. The fraction of sp³-hybridized carbons (Fsp3) is 0.562. The van der Waals surface area contributed by atoms with Crippen molar-refractivity contribution < 1.29 is 26.4 Å². The monoisotopic (exact) mass is 421 g/mol. The number of benzene rings is 1. The number of primary sulfonamides is 1. The van der Waals surface area contributed by atoms with Gasteiger partial charge in [-0.3, -0.25) is 4.79 Å². The highest BCUT2D eigenvalue weighted by atomic mass is 32.2. The van der Waals surface area contributed by atoms with Crippen LogP contribution in [0.25, 0.3) is 0 Å². The summed E-state index contributed by atoms with van der Waals surface area (Å²) in [4.78, 5) is 13.6. The van der Waals surface area contributed by atoms with Crippen molar-refractivity contribution in [3.8, 4) is 0 Å². The van der Waals surface area contributed by atoms with Gasteiger partial charge >= 0.3 is 5.97 Å². The molecule has 9 nitrogen and oxygen atoms in total. The van der Waals surface area contributed by atoms with Gasteiger partial charge < -0.3 is 9.64 Å². The lowest BCUT2D eigenvalue weighted by atomic mass is 10.2. The van der Waals surface area contributed by atoms with E-state index >= 15 is 0 Å². The molecule has 0 amide bonds. The Morgan fingerprint density at radius 3 is 1.89 bits per heavy atom.